The van der Waals surface area contributed by atoms with Crippen molar-refractivity contribution in [2.24, 2.45) is 5.92 Å². The Morgan fingerprint density at radius 3 is 3.10 bits per heavy atom. The van der Waals surface area contributed by atoms with Crippen LogP contribution in [0.5, 0.6) is 5.75 Å². The number of hydrogen-bond acceptors (Lipinski definition) is 5. The number of anilines is 1. The summed E-state index contributed by atoms with van der Waals surface area (Å²) < 4.78 is 12.3. The van der Waals surface area contributed by atoms with Crippen LogP contribution < -0.4 is 10.1 Å². The molecular formula is C15H20N2O2S. The van der Waals surface area contributed by atoms with Crippen LogP contribution in [-0.4, -0.2) is 31.3 Å². The Labute approximate surface area is 123 Å². The van der Waals surface area contributed by atoms with E-state index in [2.05, 4.69) is 10.3 Å². The minimum absolute atomic E-state index is 0.688. The Morgan fingerprint density at radius 1 is 1.40 bits per heavy atom. The van der Waals surface area contributed by atoms with Gasteiger partial charge in [-0.05, 0) is 43.9 Å². The van der Waals surface area contributed by atoms with Crippen LogP contribution in [0.1, 0.15) is 19.8 Å². The van der Waals surface area contributed by atoms with Crippen LogP contribution in [0, 0.1) is 5.92 Å². The van der Waals surface area contributed by atoms with Crippen molar-refractivity contribution < 1.29 is 9.47 Å². The predicted molar refractivity (Wildman–Crippen MR) is 82.8 cm³/mol. The molecule has 3 rings (SSSR count). The van der Waals surface area contributed by atoms with Crippen molar-refractivity contribution >= 4 is 26.7 Å². The highest BCUT2D eigenvalue weighted by Crippen LogP contribution is 2.30. The predicted octanol–water partition coefficient (Wildman–Crippen LogP) is 3.53. The minimum atomic E-state index is 0.688. The zero-order valence-electron chi connectivity index (χ0n) is 11.7. The zero-order chi connectivity index (χ0) is 13.8. The van der Waals surface area contributed by atoms with E-state index in [1.54, 1.807) is 11.3 Å². The lowest BCUT2D eigenvalue weighted by molar-refractivity contribution is 0.134. The van der Waals surface area contributed by atoms with Gasteiger partial charge in [0.2, 0.25) is 0 Å². The van der Waals surface area contributed by atoms with E-state index in [4.69, 9.17) is 9.47 Å². The molecule has 1 saturated carbocycles. The number of hydrogen-bond donors (Lipinski definition) is 1. The van der Waals surface area contributed by atoms with Gasteiger partial charge in [0.05, 0.1) is 23.4 Å². The van der Waals surface area contributed by atoms with E-state index in [0.29, 0.717) is 6.61 Å². The maximum Gasteiger partial charge on any atom is 0.183 e. The van der Waals surface area contributed by atoms with E-state index in [1.807, 2.05) is 25.1 Å². The van der Waals surface area contributed by atoms with E-state index in [9.17, 15) is 0 Å². The molecule has 0 radical (unpaired) electrons. The third-order valence-electron chi connectivity index (χ3n) is 3.24. The van der Waals surface area contributed by atoms with Gasteiger partial charge >= 0.3 is 0 Å². The number of fused-ring (bicyclic) bond motifs is 1. The molecule has 5 heteroatoms. The van der Waals surface area contributed by atoms with Gasteiger partial charge in [0.1, 0.15) is 5.75 Å². The summed E-state index contributed by atoms with van der Waals surface area (Å²) in [6.07, 6.45) is 2.68. The maximum atomic E-state index is 5.60. The standard InChI is InChI=1S/C15H20N2O2S/c1-2-19-12-5-6-13-14(9-12)20-15(17-13)16-7-8-18-10-11-3-4-11/h5-6,9,11H,2-4,7-8,10H2,1H3,(H,16,17). The number of ether oxygens (including phenoxy) is 2. The molecule has 0 atom stereocenters. The second kappa shape index (κ2) is 6.41. The maximum absolute atomic E-state index is 5.60. The summed E-state index contributed by atoms with van der Waals surface area (Å²) >= 11 is 1.66. The summed E-state index contributed by atoms with van der Waals surface area (Å²) in [5, 5.41) is 4.27. The van der Waals surface area contributed by atoms with E-state index in [1.165, 1.54) is 12.8 Å². The van der Waals surface area contributed by atoms with Crippen molar-refractivity contribution in [3.05, 3.63) is 18.2 Å². The molecule has 0 spiro atoms. The molecule has 1 aromatic carbocycles. The Kier molecular flexibility index (Phi) is 4.38. The van der Waals surface area contributed by atoms with Gasteiger partial charge < -0.3 is 14.8 Å². The van der Waals surface area contributed by atoms with Gasteiger partial charge in [0, 0.05) is 13.2 Å². The molecule has 0 saturated heterocycles. The number of nitrogens with one attached hydrogen (secondary N) is 1. The van der Waals surface area contributed by atoms with Gasteiger partial charge in [-0.3, -0.25) is 0 Å². The first kappa shape index (κ1) is 13.6. The third-order valence-corrected chi connectivity index (χ3v) is 4.22. The highest BCUT2D eigenvalue weighted by molar-refractivity contribution is 7.22. The van der Waals surface area contributed by atoms with Crippen LogP contribution in [0.15, 0.2) is 18.2 Å². The molecule has 1 fully saturated rings. The van der Waals surface area contributed by atoms with Gasteiger partial charge in [-0.15, -0.1) is 0 Å². The summed E-state index contributed by atoms with van der Waals surface area (Å²) in [5.41, 5.74) is 1.01. The second-order valence-electron chi connectivity index (χ2n) is 5.03. The summed E-state index contributed by atoms with van der Waals surface area (Å²) in [7, 11) is 0. The first-order valence-electron chi connectivity index (χ1n) is 7.20. The average Bonchev–Trinajstić information content (AvgIpc) is 3.17. The number of rotatable bonds is 8. The SMILES string of the molecule is CCOc1ccc2nc(NCCOCC3CC3)sc2c1. The van der Waals surface area contributed by atoms with Crippen LogP contribution in [0.25, 0.3) is 10.2 Å². The summed E-state index contributed by atoms with van der Waals surface area (Å²) in [6, 6.07) is 6.02. The van der Waals surface area contributed by atoms with E-state index in [-0.39, 0.29) is 0 Å². The molecule has 2 aromatic rings. The van der Waals surface area contributed by atoms with Crippen molar-refractivity contribution in [3.8, 4) is 5.75 Å². The first-order valence-corrected chi connectivity index (χ1v) is 8.02. The molecule has 1 N–H and O–H groups in total. The van der Waals surface area contributed by atoms with Crippen LogP contribution in [0.3, 0.4) is 0 Å². The van der Waals surface area contributed by atoms with Crippen LogP contribution in [-0.2, 0) is 4.74 Å². The average molecular weight is 292 g/mol. The fourth-order valence-electron chi connectivity index (χ4n) is 2.00. The van der Waals surface area contributed by atoms with Gasteiger partial charge in [-0.2, -0.15) is 0 Å². The zero-order valence-corrected chi connectivity index (χ0v) is 12.5. The topological polar surface area (TPSA) is 43.4 Å². The molecule has 1 aliphatic carbocycles. The molecule has 1 aromatic heterocycles. The second-order valence-corrected chi connectivity index (χ2v) is 6.06. The molecule has 0 aliphatic heterocycles. The van der Waals surface area contributed by atoms with Gasteiger partial charge in [0.25, 0.3) is 0 Å². The summed E-state index contributed by atoms with van der Waals surface area (Å²) in [6.45, 7) is 5.15. The van der Waals surface area contributed by atoms with E-state index in [0.717, 1.165) is 46.8 Å². The Morgan fingerprint density at radius 2 is 2.30 bits per heavy atom. The lowest BCUT2D eigenvalue weighted by Gasteiger charge is -2.03. The molecule has 1 heterocycles. The van der Waals surface area contributed by atoms with Crippen molar-refractivity contribution in [3.63, 3.8) is 0 Å². The molecule has 0 unspecified atom stereocenters. The van der Waals surface area contributed by atoms with Gasteiger partial charge in [-0.25, -0.2) is 4.98 Å². The van der Waals surface area contributed by atoms with Crippen LogP contribution in [0.4, 0.5) is 5.13 Å². The van der Waals surface area contributed by atoms with Crippen molar-refractivity contribution in [1.29, 1.82) is 0 Å². The monoisotopic (exact) mass is 292 g/mol. The number of nitrogens with zero attached hydrogens (tertiary/aromatic N) is 1. The van der Waals surface area contributed by atoms with Crippen LogP contribution >= 0.6 is 11.3 Å². The van der Waals surface area contributed by atoms with Gasteiger partial charge in [-0.1, -0.05) is 11.3 Å². The van der Waals surface area contributed by atoms with Gasteiger partial charge in [0.15, 0.2) is 5.13 Å². The fraction of sp³-hybridized carbons (Fsp3) is 0.533. The van der Waals surface area contributed by atoms with Crippen molar-refractivity contribution in [1.82, 2.24) is 4.98 Å². The lowest BCUT2D eigenvalue weighted by Crippen LogP contribution is -2.10. The number of benzene rings is 1. The molecule has 108 valence electrons. The van der Waals surface area contributed by atoms with Crippen LogP contribution in [0.2, 0.25) is 0 Å². The molecular weight excluding hydrogens is 272 g/mol. The molecule has 0 amide bonds. The highest BCUT2D eigenvalue weighted by Gasteiger charge is 2.20. The summed E-state index contributed by atoms with van der Waals surface area (Å²) in [4.78, 5) is 4.56. The Hall–Kier alpha value is -1.33. The fourth-order valence-corrected chi connectivity index (χ4v) is 2.92. The molecule has 20 heavy (non-hydrogen) atoms. The normalized spacial score (nSPS) is 14.7. The Balaban J connectivity index is 1.51. The van der Waals surface area contributed by atoms with Crippen molar-refractivity contribution in [2.45, 2.75) is 19.8 Å². The molecule has 4 nitrogen and oxygen atoms in total. The smallest absolute Gasteiger partial charge is 0.183 e. The number of aromatic nitrogens is 1. The van der Waals surface area contributed by atoms with Crippen molar-refractivity contribution in [2.75, 3.05) is 31.7 Å². The van der Waals surface area contributed by atoms with E-state index >= 15 is 0 Å². The first-order chi connectivity index (χ1) is 9.85. The largest absolute Gasteiger partial charge is 0.494 e. The molecule has 1 aliphatic rings. The Bertz CT molecular complexity index is 566. The van der Waals surface area contributed by atoms with E-state index < -0.39 is 0 Å². The highest BCUT2D eigenvalue weighted by atomic mass is 32.1. The molecule has 0 bridgehead atoms. The number of thiazole rings is 1. The lowest BCUT2D eigenvalue weighted by atomic mass is 10.3. The third kappa shape index (κ3) is 3.61. The summed E-state index contributed by atoms with van der Waals surface area (Å²) in [5.74, 6) is 1.73. The quantitative estimate of drug-likeness (QED) is 0.756. The minimum Gasteiger partial charge on any atom is -0.494 e.